The fraction of sp³-hybridized carbons (Fsp3) is 0.308. The number of fused-ring (bicyclic) bond motifs is 1. The summed E-state index contributed by atoms with van der Waals surface area (Å²) in [4.78, 5) is 23.5. The molecule has 0 aliphatic heterocycles. The van der Waals surface area contributed by atoms with E-state index >= 15 is 0 Å². The highest BCUT2D eigenvalue weighted by Crippen LogP contribution is 2.18. The maximum absolute atomic E-state index is 11.8. The average Bonchev–Trinajstić information content (AvgIpc) is 2.82. The standard InChI is InChI=1S/C13H15N3O3/c1-3-14-12(17)11-9-7-8(13(18)19-4-2)5-6-10(9)15-16-11/h5-7H,3-4H2,1-2H3,(H,14,17)(H,15,16). The summed E-state index contributed by atoms with van der Waals surface area (Å²) in [5, 5.41) is 10.0. The predicted molar refractivity (Wildman–Crippen MR) is 70.1 cm³/mol. The van der Waals surface area contributed by atoms with E-state index in [9.17, 15) is 9.59 Å². The van der Waals surface area contributed by atoms with E-state index in [1.807, 2.05) is 6.92 Å². The normalized spacial score (nSPS) is 10.4. The number of ether oxygens (including phenoxy) is 1. The zero-order valence-corrected chi connectivity index (χ0v) is 10.8. The van der Waals surface area contributed by atoms with E-state index in [1.165, 1.54) is 0 Å². The van der Waals surface area contributed by atoms with Gasteiger partial charge in [0.05, 0.1) is 17.7 Å². The molecule has 6 heteroatoms. The molecule has 0 saturated heterocycles. The monoisotopic (exact) mass is 261 g/mol. The Morgan fingerprint density at radius 1 is 1.37 bits per heavy atom. The van der Waals surface area contributed by atoms with Crippen molar-refractivity contribution in [3.05, 3.63) is 29.5 Å². The van der Waals surface area contributed by atoms with Gasteiger partial charge in [0.1, 0.15) is 0 Å². The van der Waals surface area contributed by atoms with Crippen molar-refractivity contribution < 1.29 is 14.3 Å². The van der Waals surface area contributed by atoms with Gasteiger partial charge in [0, 0.05) is 11.9 Å². The topological polar surface area (TPSA) is 84.1 Å². The van der Waals surface area contributed by atoms with Gasteiger partial charge < -0.3 is 10.1 Å². The molecule has 1 amide bonds. The van der Waals surface area contributed by atoms with Gasteiger partial charge in [0.15, 0.2) is 5.69 Å². The Hall–Kier alpha value is -2.37. The molecule has 2 rings (SSSR count). The summed E-state index contributed by atoms with van der Waals surface area (Å²) in [6, 6.07) is 4.96. The van der Waals surface area contributed by atoms with Crippen LogP contribution in [0.5, 0.6) is 0 Å². The number of nitrogens with one attached hydrogen (secondary N) is 2. The Morgan fingerprint density at radius 3 is 2.84 bits per heavy atom. The predicted octanol–water partition coefficient (Wildman–Crippen LogP) is 1.49. The van der Waals surface area contributed by atoms with E-state index in [0.29, 0.717) is 29.6 Å². The van der Waals surface area contributed by atoms with E-state index in [-0.39, 0.29) is 11.6 Å². The summed E-state index contributed by atoms with van der Waals surface area (Å²) in [6.45, 7) is 4.40. The number of rotatable bonds is 4. The van der Waals surface area contributed by atoms with E-state index < -0.39 is 5.97 Å². The highest BCUT2D eigenvalue weighted by molar-refractivity contribution is 6.06. The van der Waals surface area contributed by atoms with Crippen molar-refractivity contribution in [3.63, 3.8) is 0 Å². The molecule has 0 saturated carbocycles. The summed E-state index contributed by atoms with van der Waals surface area (Å²) >= 11 is 0. The Kier molecular flexibility index (Phi) is 3.79. The quantitative estimate of drug-likeness (QED) is 0.817. The maximum Gasteiger partial charge on any atom is 0.338 e. The summed E-state index contributed by atoms with van der Waals surface area (Å²) in [7, 11) is 0. The first-order valence-electron chi connectivity index (χ1n) is 6.10. The van der Waals surface area contributed by atoms with Crippen LogP contribution in [0.15, 0.2) is 18.2 Å². The van der Waals surface area contributed by atoms with Crippen molar-refractivity contribution in [2.45, 2.75) is 13.8 Å². The van der Waals surface area contributed by atoms with Gasteiger partial charge in [0.25, 0.3) is 5.91 Å². The molecule has 1 heterocycles. The summed E-state index contributed by atoms with van der Waals surface area (Å²) in [5.74, 6) is -0.679. The van der Waals surface area contributed by atoms with Crippen LogP contribution >= 0.6 is 0 Å². The van der Waals surface area contributed by atoms with Crippen molar-refractivity contribution in [1.29, 1.82) is 0 Å². The van der Waals surface area contributed by atoms with E-state index in [4.69, 9.17) is 4.74 Å². The average molecular weight is 261 g/mol. The van der Waals surface area contributed by atoms with Gasteiger partial charge in [-0.15, -0.1) is 0 Å². The van der Waals surface area contributed by atoms with Crippen LogP contribution in [0.25, 0.3) is 10.9 Å². The molecular weight excluding hydrogens is 246 g/mol. The highest BCUT2D eigenvalue weighted by Gasteiger charge is 2.15. The van der Waals surface area contributed by atoms with Gasteiger partial charge in [-0.3, -0.25) is 9.89 Å². The van der Waals surface area contributed by atoms with Crippen LogP contribution in [0.4, 0.5) is 0 Å². The third kappa shape index (κ3) is 2.57. The Balaban J connectivity index is 2.42. The minimum Gasteiger partial charge on any atom is -0.462 e. The van der Waals surface area contributed by atoms with Crippen LogP contribution in [0.2, 0.25) is 0 Å². The molecule has 1 aromatic heterocycles. The van der Waals surface area contributed by atoms with Crippen molar-refractivity contribution in [2.75, 3.05) is 13.2 Å². The molecule has 6 nitrogen and oxygen atoms in total. The van der Waals surface area contributed by atoms with Crippen LogP contribution in [0.3, 0.4) is 0 Å². The van der Waals surface area contributed by atoms with Crippen molar-refractivity contribution >= 4 is 22.8 Å². The number of amides is 1. The second-order valence-corrected chi connectivity index (χ2v) is 3.91. The fourth-order valence-corrected chi connectivity index (χ4v) is 1.77. The number of H-pyrrole nitrogens is 1. The lowest BCUT2D eigenvalue weighted by Crippen LogP contribution is -2.23. The highest BCUT2D eigenvalue weighted by atomic mass is 16.5. The van der Waals surface area contributed by atoms with Gasteiger partial charge in [-0.2, -0.15) is 5.10 Å². The van der Waals surface area contributed by atoms with Gasteiger partial charge in [-0.1, -0.05) is 0 Å². The molecule has 0 bridgehead atoms. The lowest BCUT2D eigenvalue weighted by Gasteiger charge is -2.02. The van der Waals surface area contributed by atoms with Gasteiger partial charge >= 0.3 is 5.97 Å². The molecule has 0 unspecified atom stereocenters. The zero-order valence-electron chi connectivity index (χ0n) is 10.8. The number of hydrogen-bond donors (Lipinski definition) is 2. The number of carbonyl (C=O) groups is 2. The number of nitrogens with zero attached hydrogens (tertiary/aromatic N) is 1. The van der Waals surface area contributed by atoms with E-state index in [1.54, 1.807) is 25.1 Å². The van der Waals surface area contributed by atoms with E-state index in [0.717, 1.165) is 0 Å². The summed E-state index contributed by atoms with van der Waals surface area (Å²) in [5.41, 5.74) is 1.39. The number of aromatic amines is 1. The minimum atomic E-state index is -0.410. The SMILES string of the molecule is CCNC(=O)c1n[nH]c2ccc(C(=O)OCC)cc12. The van der Waals surface area contributed by atoms with Crippen molar-refractivity contribution in [3.8, 4) is 0 Å². The molecule has 0 spiro atoms. The van der Waals surface area contributed by atoms with Crippen LogP contribution in [-0.2, 0) is 4.74 Å². The number of benzene rings is 1. The number of esters is 1. The summed E-state index contributed by atoms with van der Waals surface area (Å²) in [6.07, 6.45) is 0. The summed E-state index contributed by atoms with van der Waals surface area (Å²) < 4.78 is 4.93. The largest absolute Gasteiger partial charge is 0.462 e. The molecule has 19 heavy (non-hydrogen) atoms. The third-order valence-corrected chi connectivity index (χ3v) is 2.63. The lowest BCUT2D eigenvalue weighted by atomic mass is 10.1. The second kappa shape index (κ2) is 5.51. The molecule has 0 fully saturated rings. The maximum atomic E-state index is 11.8. The number of aromatic nitrogens is 2. The van der Waals surface area contributed by atoms with Crippen molar-refractivity contribution in [2.24, 2.45) is 0 Å². The van der Waals surface area contributed by atoms with Crippen LogP contribution in [-0.4, -0.2) is 35.2 Å². The van der Waals surface area contributed by atoms with Crippen molar-refractivity contribution in [1.82, 2.24) is 15.5 Å². The molecule has 0 aliphatic rings. The third-order valence-electron chi connectivity index (χ3n) is 2.63. The first-order valence-corrected chi connectivity index (χ1v) is 6.10. The molecule has 100 valence electrons. The van der Waals surface area contributed by atoms with Gasteiger partial charge in [-0.05, 0) is 32.0 Å². The lowest BCUT2D eigenvalue weighted by molar-refractivity contribution is 0.0526. The first-order chi connectivity index (χ1) is 9.17. The molecule has 0 atom stereocenters. The minimum absolute atomic E-state index is 0.269. The van der Waals surface area contributed by atoms with Crippen LogP contribution < -0.4 is 5.32 Å². The Bertz CT molecular complexity index is 619. The second-order valence-electron chi connectivity index (χ2n) is 3.91. The molecule has 2 aromatic rings. The number of carbonyl (C=O) groups excluding carboxylic acids is 2. The van der Waals surface area contributed by atoms with Gasteiger partial charge in [0.2, 0.25) is 0 Å². The van der Waals surface area contributed by atoms with Crippen LogP contribution in [0.1, 0.15) is 34.7 Å². The molecule has 1 aromatic carbocycles. The molecule has 2 N–H and O–H groups in total. The van der Waals surface area contributed by atoms with Crippen LogP contribution in [0, 0.1) is 0 Å². The molecule has 0 radical (unpaired) electrons. The zero-order chi connectivity index (χ0) is 13.8. The van der Waals surface area contributed by atoms with Gasteiger partial charge in [-0.25, -0.2) is 4.79 Å². The Labute approximate surface area is 110 Å². The van der Waals surface area contributed by atoms with E-state index in [2.05, 4.69) is 15.5 Å². The number of hydrogen-bond acceptors (Lipinski definition) is 4. The fourth-order valence-electron chi connectivity index (χ4n) is 1.77. The Morgan fingerprint density at radius 2 is 2.16 bits per heavy atom. The smallest absolute Gasteiger partial charge is 0.338 e. The molecular formula is C13H15N3O3. The first kappa shape index (κ1) is 13.1. The molecule has 0 aliphatic carbocycles.